The van der Waals surface area contributed by atoms with Gasteiger partial charge in [0.25, 0.3) is 0 Å². The van der Waals surface area contributed by atoms with Crippen molar-refractivity contribution in [2.75, 3.05) is 19.6 Å². The van der Waals surface area contributed by atoms with Gasteiger partial charge in [-0.25, -0.2) is 0 Å². The monoisotopic (exact) mass is 346 g/mol. The number of hydrogen-bond acceptors (Lipinski definition) is 4. The Kier molecular flexibility index (Phi) is 5.68. The van der Waals surface area contributed by atoms with Gasteiger partial charge in [0, 0.05) is 23.2 Å². The van der Waals surface area contributed by atoms with E-state index >= 15 is 0 Å². The predicted octanol–water partition coefficient (Wildman–Crippen LogP) is 2.38. The van der Waals surface area contributed by atoms with E-state index in [0.29, 0.717) is 12.6 Å². The molecule has 6 heteroatoms. The van der Waals surface area contributed by atoms with E-state index in [-0.39, 0.29) is 5.91 Å². The van der Waals surface area contributed by atoms with E-state index in [1.807, 2.05) is 6.92 Å². The number of carbonyl (C=O) groups excluding carboxylic acids is 1. The molecule has 0 aromatic carbocycles. The predicted molar refractivity (Wildman–Crippen MR) is 97.3 cm³/mol. The molecule has 2 aromatic rings. The average Bonchev–Trinajstić information content (AvgIpc) is 3.24. The van der Waals surface area contributed by atoms with Gasteiger partial charge in [0.1, 0.15) is 0 Å². The van der Waals surface area contributed by atoms with Gasteiger partial charge >= 0.3 is 0 Å². The number of nitrogens with zero attached hydrogens (tertiary/aromatic N) is 3. The Morgan fingerprint density at radius 3 is 3.04 bits per heavy atom. The maximum Gasteiger partial charge on any atom is 0.234 e. The summed E-state index contributed by atoms with van der Waals surface area (Å²) in [6.07, 6.45) is 3.21. The van der Waals surface area contributed by atoms with Crippen molar-refractivity contribution in [2.45, 2.75) is 45.7 Å². The summed E-state index contributed by atoms with van der Waals surface area (Å²) < 4.78 is 2.08. The molecule has 0 unspecified atom stereocenters. The highest BCUT2D eigenvalue weighted by Gasteiger charge is 2.27. The zero-order chi connectivity index (χ0) is 16.9. The fourth-order valence-corrected chi connectivity index (χ4v) is 4.10. The van der Waals surface area contributed by atoms with Crippen molar-refractivity contribution in [2.24, 2.45) is 0 Å². The Hall–Kier alpha value is -1.66. The van der Waals surface area contributed by atoms with Crippen LogP contribution in [0.1, 0.15) is 29.1 Å². The average molecular weight is 346 g/mol. The molecule has 1 atom stereocenters. The second-order valence-electron chi connectivity index (χ2n) is 6.56. The summed E-state index contributed by atoms with van der Waals surface area (Å²) >= 11 is 1.74. The zero-order valence-corrected chi connectivity index (χ0v) is 15.3. The number of rotatable bonds is 7. The van der Waals surface area contributed by atoms with Crippen LogP contribution in [0.2, 0.25) is 0 Å². The Morgan fingerprint density at radius 2 is 2.33 bits per heavy atom. The topological polar surface area (TPSA) is 50.2 Å². The fraction of sp³-hybridized carbons (Fsp3) is 0.556. The van der Waals surface area contributed by atoms with Crippen LogP contribution >= 0.6 is 11.3 Å². The van der Waals surface area contributed by atoms with E-state index in [0.717, 1.165) is 44.6 Å². The summed E-state index contributed by atoms with van der Waals surface area (Å²) in [6, 6.07) is 6.68. The molecule has 0 aliphatic carbocycles. The Morgan fingerprint density at radius 1 is 1.46 bits per heavy atom. The molecule has 5 nitrogen and oxygen atoms in total. The van der Waals surface area contributed by atoms with Gasteiger partial charge in [0.15, 0.2) is 0 Å². The Labute approximate surface area is 147 Å². The molecular weight excluding hydrogens is 320 g/mol. The van der Waals surface area contributed by atoms with E-state index in [9.17, 15) is 4.79 Å². The molecule has 3 rings (SSSR count). The van der Waals surface area contributed by atoms with Crippen molar-refractivity contribution in [3.05, 3.63) is 39.8 Å². The van der Waals surface area contributed by atoms with Gasteiger partial charge < -0.3 is 5.32 Å². The third-order valence-corrected chi connectivity index (χ3v) is 5.54. The van der Waals surface area contributed by atoms with E-state index < -0.39 is 0 Å². The van der Waals surface area contributed by atoms with Gasteiger partial charge in [-0.05, 0) is 57.2 Å². The summed E-state index contributed by atoms with van der Waals surface area (Å²) in [5.41, 5.74) is 2.25. The van der Waals surface area contributed by atoms with Crippen molar-refractivity contribution in [3.63, 3.8) is 0 Å². The molecule has 1 aliphatic rings. The van der Waals surface area contributed by atoms with E-state index in [1.165, 1.54) is 10.6 Å². The fourth-order valence-electron chi connectivity index (χ4n) is 3.39. The van der Waals surface area contributed by atoms with Crippen molar-refractivity contribution < 1.29 is 4.79 Å². The molecule has 24 heavy (non-hydrogen) atoms. The molecule has 1 N–H and O–H groups in total. The van der Waals surface area contributed by atoms with Crippen LogP contribution in [0.15, 0.2) is 23.6 Å². The lowest BCUT2D eigenvalue weighted by atomic mass is 10.2. The van der Waals surface area contributed by atoms with Gasteiger partial charge in [0.05, 0.1) is 18.8 Å². The summed E-state index contributed by atoms with van der Waals surface area (Å²) in [4.78, 5) is 15.8. The second kappa shape index (κ2) is 7.94. The van der Waals surface area contributed by atoms with Gasteiger partial charge in [-0.1, -0.05) is 6.07 Å². The zero-order valence-electron chi connectivity index (χ0n) is 14.5. The molecule has 3 heterocycles. The van der Waals surface area contributed by atoms with E-state index in [1.54, 1.807) is 11.3 Å². The largest absolute Gasteiger partial charge is 0.355 e. The molecular formula is C18H26N4OS. The molecule has 1 aliphatic heterocycles. The molecule has 1 amide bonds. The second-order valence-corrected chi connectivity index (χ2v) is 7.59. The van der Waals surface area contributed by atoms with Gasteiger partial charge in [0.2, 0.25) is 5.91 Å². The quantitative estimate of drug-likeness (QED) is 0.837. The normalized spacial score (nSPS) is 18.2. The Balaban J connectivity index is 1.46. The van der Waals surface area contributed by atoms with Crippen LogP contribution in [0.4, 0.5) is 0 Å². The number of aromatic nitrogens is 2. The van der Waals surface area contributed by atoms with Crippen molar-refractivity contribution in [1.82, 2.24) is 20.0 Å². The number of aryl methyl sites for hydroxylation is 2. The highest BCUT2D eigenvalue weighted by atomic mass is 32.1. The highest BCUT2D eigenvalue weighted by Crippen LogP contribution is 2.19. The molecule has 0 saturated carbocycles. The van der Waals surface area contributed by atoms with Crippen LogP contribution in [0.3, 0.4) is 0 Å². The summed E-state index contributed by atoms with van der Waals surface area (Å²) in [7, 11) is 0. The summed E-state index contributed by atoms with van der Waals surface area (Å²) in [5, 5.41) is 9.68. The molecule has 130 valence electrons. The van der Waals surface area contributed by atoms with Gasteiger partial charge in [-0.3, -0.25) is 14.4 Å². The van der Waals surface area contributed by atoms with Crippen LogP contribution < -0.4 is 5.32 Å². The lowest BCUT2D eigenvalue weighted by Gasteiger charge is -2.24. The minimum atomic E-state index is 0.131. The first-order valence-electron chi connectivity index (χ1n) is 8.66. The van der Waals surface area contributed by atoms with Crippen LogP contribution in [-0.4, -0.2) is 46.3 Å². The lowest BCUT2D eigenvalue weighted by Crippen LogP contribution is -2.42. The standard InChI is InChI=1S/C18H26N4OS/c1-14-11-15(2)22(20-14)12-16-5-3-9-21(16)13-18(23)19-8-7-17-6-4-10-24-17/h4,6,10-11,16H,3,5,7-9,12-13H2,1-2H3,(H,19,23)/t16-/m0/s1. The molecule has 0 spiro atoms. The number of nitrogens with one attached hydrogen (secondary N) is 1. The van der Waals surface area contributed by atoms with E-state index in [4.69, 9.17) is 0 Å². The van der Waals surface area contributed by atoms with Crippen LogP contribution in [-0.2, 0) is 17.8 Å². The van der Waals surface area contributed by atoms with Crippen molar-refractivity contribution in [1.29, 1.82) is 0 Å². The third kappa shape index (κ3) is 4.45. The first kappa shape index (κ1) is 17.2. The minimum absolute atomic E-state index is 0.131. The van der Waals surface area contributed by atoms with Crippen molar-refractivity contribution in [3.8, 4) is 0 Å². The van der Waals surface area contributed by atoms with Gasteiger partial charge in [-0.2, -0.15) is 5.10 Å². The van der Waals surface area contributed by atoms with Crippen LogP contribution in [0.5, 0.6) is 0 Å². The van der Waals surface area contributed by atoms with E-state index in [2.05, 4.69) is 50.5 Å². The number of hydrogen-bond donors (Lipinski definition) is 1. The van der Waals surface area contributed by atoms with Gasteiger partial charge in [-0.15, -0.1) is 11.3 Å². The van der Waals surface area contributed by atoms with Crippen LogP contribution in [0.25, 0.3) is 0 Å². The SMILES string of the molecule is Cc1cc(C)n(C[C@@H]2CCCN2CC(=O)NCCc2cccs2)n1. The molecule has 1 fully saturated rings. The molecule has 1 saturated heterocycles. The number of amides is 1. The highest BCUT2D eigenvalue weighted by molar-refractivity contribution is 7.09. The lowest BCUT2D eigenvalue weighted by molar-refractivity contribution is -0.122. The van der Waals surface area contributed by atoms with Crippen LogP contribution in [0, 0.1) is 13.8 Å². The first-order chi connectivity index (χ1) is 11.6. The number of carbonyl (C=O) groups is 1. The number of thiophene rings is 1. The van der Waals surface area contributed by atoms with Crippen molar-refractivity contribution >= 4 is 17.2 Å². The number of likely N-dealkylation sites (tertiary alicyclic amines) is 1. The smallest absolute Gasteiger partial charge is 0.234 e. The summed E-state index contributed by atoms with van der Waals surface area (Å²) in [6.45, 7) is 7.21. The first-order valence-corrected chi connectivity index (χ1v) is 9.54. The summed E-state index contributed by atoms with van der Waals surface area (Å²) in [5.74, 6) is 0.131. The molecule has 2 aromatic heterocycles. The third-order valence-electron chi connectivity index (χ3n) is 4.61. The molecule has 0 bridgehead atoms. The minimum Gasteiger partial charge on any atom is -0.355 e. The molecule has 0 radical (unpaired) electrons. The maximum atomic E-state index is 12.2. The Bertz CT molecular complexity index is 665. The maximum absolute atomic E-state index is 12.2.